The molecule has 1 saturated carbocycles. The molecule has 0 atom stereocenters. The molecule has 0 aliphatic heterocycles. The zero-order valence-corrected chi connectivity index (χ0v) is 14.5. The first-order valence-electron chi connectivity index (χ1n) is 8.38. The molecular formula is C17H26N2O3S. The van der Waals surface area contributed by atoms with Crippen molar-refractivity contribution in [3.63, 3.8) is 0 Å². The Balaban J connectivity index is 1.88. The number of nitrogens with one attached hydrogen (secondary N) is 2. The minimum atomic E-state index is -3.21. The number of amides is 1. The Morgan fingerprint density at radius 3 is 2.43 bits per heavy atom. The predicted molar refractivity (Wildman–Crippen MR) is 92.3 cm³/mol. The fraction of sp³-hybridized carbons (Fsp3) is 0.588. The molecule has 0 aromatic heterocycles. The molecule has 6 heteroatoms. The van der Waals surface area contributed by atoms with E-state index >= 15 is 0 Å². The van der Waals surface area contributed by atoms with Gasteiger partial charge in [-0.25, -0.2) is 8.42 Å². The van der Waals surface area contributed by atoms with Crippen LogP contribution in [0.3, 0.4) is 0 Å². The van der Waals surface area contributed by atoms with Crippen molar-refractivity contribution in [1.29, 1.82) is 0 Å². The fourth-order valence-corrected chi connectivity index (χ4v) is 4.66. The van der Waals surface area contributed by atoms with Crippen molar-refractivity contribution < 1.29 is 13.2 Å². The molecule has 5 nitrogen and oxygen atoms in total. The Bertz CT molecular complexity index is 605. The van der Waals surface area contributed by atoms with Crippen molar-refractivity contribution in [2.75, 3.05) is 18.4 Å². The molecule has 128 valence electrons. The summed E-state index contributed by atoms with van der Waals surface area (Å²) in [5.74, 6) is -0.0545. The Kier molecular flexibility index (Phi) is 6.45. The third-order valence-corrected chi connectivity index (χ3v) is 6.51. The van der Waals surface area contributed by atoms with Crippen LogP contribution >= 0.6 is 0 Å². The topological polar surface area (TPSA) is 75.3 Å². The quantitative estimate of drug-likeness (QED) is 0.715. The molecule has 0 heterocycles. The van der Waals surface area contributed by atoms with E-state index in [1.807, 2.05) is 0 Å². The van der Waals surface area contributed by atoms with Gasteiger partial charge in [-0.3, -0.25) is 4.79 Å². The molecule has 1 aromatic carbocycles. The Hall–Kier alpha value is -1.56. The van der Waals surface area contributed by atoms with Crippen LogP contribution in [-0.4, -0.2) is 32.7 Å². The van der Waals surface area contributed by atoms with E-state index in [9.17, 15) is 13.2 Å². The van der Waals surface area contributed by atoms with Gasteiger partial charge < -0.3 is 10.6 Å². The molecule has 1 amide bonds. The Morgan fingerprint density at radius 2 is 1.83 bits per heavy atom. The zero-order valence-electron chi connectivity index (χ0n) is 13.7. The summed E-state index contributed by atoms with van der Waals surface area (Å²) in [5.41, 5.74) is 0.751. The van der Waals surface area contributed by atoms with Gasteiger partial charge in [-0.05, 0) is 43.5 Å². The molecule has 23 heavy (non-hydrogen) atoms. The molecule has 2 N–H and O–H groups in total. The lowest BCUT2D eigenvalue weighted by atomic mass is 10.3. The summed E-state index contributed by atoms with van der Waals surface area (Å²) in [5, 5.41) is 5.61. The van der Waals surface area contributed by atoms with Crippen LogP contribution < -0.4 is 10.6 Å². The predicted octanol–water partition coefficient (Wildman–Crippen LogP) is 2.73. The van der Waals surface area contributed by atoms with E-state index in [-0.39, 0.29) is 17.7 Å². The van der Waals surface area contributed by atoms with E-state index in [0.29, 0.717) is 11.4 Å². The summed E-state index contributed by atoms with van der Waals surface area (Å²) in [6, 6.07) is 6.71. The highest BCUT2D eigenvalue weighted by Crippen LogP contribution is 2.29. The van der Waals surface area contributed by atoms with Crippen molar-refractivity contribution in [1.82, 2.24) is 5.32 Å². The molecule has 1 aromatic rings. The van der Waals surface area contributed by atoms with Crippen LogP contribution in [0, 0.1) is 0 Å². The summed E-state index contributed by atoms with van der Waals surface area (Å²) in [6.07, 6.45) is 5.54. The van der Waals surface area contributed by atoms with Crippen molar-refractivity contribution in [2.45, 2.75) is 55.6 Å². The molecule has 1 aliphatic rings. The zero-order chi connectivity index (χ0) is 16.7. The summed E-state index contributed by atoms with van der Waals surface area (Å²) in [6.45, 7) is 2.96. The maximum atomic E-state index is 12.5. The van der Waals surface area contributed by atoms with Gasteiger partial charge in [0.25, 0.3) is 0 Å². The van der Waals surface area contributed by atoms with Gasteiger partial charge >= 0.3 is 0 Å². The smallest absolute Gasteiger partial charge is 0.239 e. The number of rotatable bonds is 8. The molecule has 0 saturated heterocycles. The number of hydrogen-bond donors (Lipinski definition) is 2. The SMILES string of the molecule is CCCCNC(=O)CNc1ccc(S(=O)(=O)C2CCCC2)cc1. The third kappa shape index (κ3) is 4.96. The number of carbonyl (C=O) groups is 1. The molecule has 1 fully saturated rings. The lowest BCUT2D eigenvalue weighted by Crippen LogP contribution is -2.30. The average molecular weight is 338 g/mol. The van der Waals surface area contributed by atoms with E-state index in [1.54, 1.807) is 24.3 Å². The maximum Gasteiger partial charge on any atom is 0.239 e. The second-order valence-electron chi connectivity index (χ2n) is 6.03. The minimum Gasteiger partial charge on any atom is -0.376 e. The summed E-state index contributed by atoms with van der Waals surface area (Å²) in [7, 11) is -3.21. The lowest BCUT2D eigenvalue weighted by Gasteiger charge is -2.12. The normalized spacial score (nSPS) is 15.5. The van der Waals surface area contributed by atoms with Crippen LogP contribution in [0.25, 0.3) is 0 Å². The van der Waals surface area contributed by atoms with Crippen LogP contribution in [0.15, 0.2) is 29.2 Å². The number of sulfone groups is 1. The molecular weight excluding hydrogens is 312 g/mol. The second-order valence-corrected chi connectivity index (χ2v) is 8.26. The molecule has 0 spiro atoms. The molecule has 0 unspecified atom stereocenters. The first kappa shape index (κ1) is 17.8. The van der Waals surface area contributed by atoms with Gasteiger partial charge in [0.05, 0.1) is 16.7 Å². The summed E-state index contributed by atoms with van der Waals surface area (Å²) >= 11 is 0. The van der Waals surface area contributed by atoms with Crippen LogP contribution in [0.1, 0.15) is 45.4 Å². The van der Waals surface area contributed by atoms with Crippen molar-refractivity contribution in [3.8, 4) is 0 Å². The molecule has 1 aliphatic carbocycles. The van der Waals surface area contributed by atoms with Gasteiger partial charge in [-0.15, -0.1) is 0 Å². The molecule has 0 radical (unpaired) electrons. The number of anilines is 1. The second kappa shape index (κ2) is 8.34. The van der Waals surface area contributed by atoms with Gasteiger partial charge in [0.2, 0.25) is 5.91 Å². The van der Waals surface area contributed by atoms with Crippen LogP contribution in [0.4, 0.5) is 5.69 Å². The van der Waals surface area contributed by atoms with Crippen molar-refractivity contribution in [3.05, 3.63) is 24.3 Å². The van der Waals surface area contributed by atoms with Crippen LogP contribution in [0.2, 0.25) is 0 Å². The first-order chi connectivity index (χ1) is 11.0. The minimum absolute atomic E-state index is 0.0545. The van der Waals surface area contributed by atoms with E-state index in [2.05, 4.69) is 17.6 Å². The number of carbonyl (C=O) groups excluding carboxylic acids is 1. The van der Waals surface area contributed by atoms with Crippen LogP contribution in [0.5, 0.6) is 0 Å². The average Bonchev–Trinajstić information content (AvgIpc) is 3.09. The monoisotopic (exact) mass is 338 g/mol. The van der Waals surface area contributed by atoms with Crippen molar-refractivity contribution >= 4 is 21.4 Å². The van der Waals surface area contributed by atoms with Crippen LogP contribution in [-0.2, 0) is 14.6 Å². The first-order valence-corrected chi connectivity index (χ1v) is 9.93. The van der Waals surface area contributed by atoms with Gasteiger partial charge in [0, 0.05) is 12.2 Å². The maximum absolute atomic E-state index is 12.5. The number of benzene rings is 1. The fourth-order valence-electron chi connectivity index (χ4n) is 2.80. The van der Waals surface area contributed by atoms with E-state index < -0.39 is 9.84 Å². The standard InChI is InChI=1S/C17H26N2O3S/c1-2-3-12-18-17(20)13-19-14-8-10-16(11-9-14)23(21,22)15-6-4-5-7-15/h8-11,15,19H,2-7,12-13H2,1H3,(H,18,20). The molecule has 0 bridgehead atoms. The van der Waals surface area contributed by atoms with Gasteiger partial charge in [0.15, 0.2) is 9.84 Å². The molecule has 2 rings (SSSR count). The summed E-state index contributed by atoms with van der Waals surface area (Å²) < 4.78 is 24.9. The van der Waals surface area contributed by atoms with E-state index in [1.165, 1.54) is 0 Å². The highest BCUT2D eigenvalue weighted by atomic mass is 32.2. The van der Waals surface area contributed by atoms with E-state index in [4.69, 9.17) is 0 Å². The van der Waals surface area contributed by atoms with Gasteiger partial charge in [-0.1, -0.05) is 26.2 Å². The lowest BCUT2D eigenvalue weighted by molar-refractivity contribution is -0.119. The third-order valence-electron chi connectivity index (χ3n) is 4.23. The Morgan fingerprint density at radius 1 is 1.17 bits per heavy atom. The highest BCUT2D eigenvalue weighted by Gasteiger charge is 2.29. The van der Waals surface area contributed by atoms with Gasteiger partial charge in [0.1, 0.15) is 0 Å². The summed E-state index contributed by atoms with van der Waals surface area (Å²) in [4.78, 5) is 12.0. The number of unbranched alkanes of at least 4 members (excludes halogenated alkanes) is 1. The number of hydrogen-bond acceptors (Lipinski definition) is 4. The Labute approximate surface area is 138 Å². The van der Waals surface area contributed by atoms with E-state index in [0.717, 1.165) is 44.2 Å². The van der Waals surface area contributed by atoms with Crippen molar-refractivity contribution in [2.24, 2.45) is 0 Å². The highest BCUT2D eigenvalue weighted by molar-refractivity contribution is 7.92. The largest absolute Gasteiger partial charge is 0.376 e. The van der Waals surface area contributed by atoms with Gasteiger partial charge in [-0.2, -0.15) is 0 Å².